The van der Waals surface area contributed by atoms with E-state index >= 15 is 0 Å². The van der Waals surface area contributed by atoms with E-state index in [2.05, 4.69) is 25.6 Å². The summed E-state index contributed by atoms with van der Waals surface area (Å²) in [5.74, 6) is -1.02. The number of nitrogens with one attached hydrogen (secondary N) is 1. The van der Waals surface area contributed by atoms with Gasteiger partial charge >= 0.3 is 6.18 Å². The summed E-state index contributed by atoms with van der Waals surface area (Å²) in [4.78, 5) is 7.46. The van der Waals surface area contributed by atoms with Crippen LogP contribution in [0.25, 0.3) is 11.3 Å². The molecule has 0 atom stereocenters. The van der Waals surface area contributed by atoms with Gasteiger partial charge < -0.3 is 0 Å². The minimum Gasteiger partial charge on any atom is -0.245 e. The number of aromatic nitrogens is 4. The summed E-state index contributed by atoms with van der Waals surface area (Å²) in [5, 5.41) is 8.05. The van der Waals surface area contributed by atoms with Gasteiger partial charge in [0, 0.05) is 17.6 Å². The number of benzene rings is 1. The van der Waals surface area contributed by atoms with Crippen molar-refractivity contribution in [1.82, 2.24) is 19.7 Å². The molecular weight excluding hydrogens is 400 g/mol. The van der Waals surface area contributed by atoms with E-state index in [1.54, 1.807) is 6.92 Å². The number of aryl methyl sites for hydroxylation is 2. The predicted octanol–water partition coefficient (Wildman–Crippen LogP) is 4.44. The second-order valence-electron chi connectivity index (χ2n) is 5.75. The molecule has 0 aliphatic carbocycles. The van der Waals surface area contributed by atoms with E-state index in [1.807, 2.05) is 0 Å². The van der Waals surface area contributed by atoms with Crippen molar-refractivity contribution >= 4 is 23.8 Å². The van der Waals surface area contributed by atoms with Crippen LogP contribution in [-0.4, -0.2) is 26.0 Å². The van der Waals surface area contributed by atoms with Crippen molar-refractivity contribution in [2.75, 3.05) is 5.43 Å². The van der Waals surface area contributed by atoms with Gasteiger partial charge in [0.15, 0.2) is 5.69 Å². The average Bonchev–Trinajstić information content (AvgIpc) is 2.87. The van der Waals surface area contributed by atoms with Gasteiger partial charge in [0.1, 0.15) is 0 Å². The van der Waals surface area contributed by atoms with Crippen LogP contribution >= 0.6 is 11.6 Å². The van der Waals surface area contributed by atoms with Gasteiger partial charge in [-0.15, -0.1) is 0 Å². The third kappa shape index (κ3) is 4.28. The average molecular weight is 413 g/mol. The molecule has 0 saturated carbocycles. The molecule has 3 rings (SSSR count). The zero-order valence-corrected chi connectivity index (χ0v) is 15.3. The highest BCUT2D eigenvalue weighted by atomic mass is 35.5. The highest BCUT2D eigenvalue weighted by molar-refractivity contribution is 6.30. The lowest BCUT2D eigenvalue weighted by atomic mass is 10.1. The van der Waals surface area contributed by atoms with Crippen LogP contribution in [0.4, 0.5) is 23.5 Å². The molecule has 0 saturated heterocycles. The maximum absolute atomic E-state index is 13.9. The third-order valence-corrected chi connectivity index (χ3v) is 3.96. The van der Waals surface area contributed by atoms with Gasteiger partial charge in [-0.25, -0.2) is 20.1 Å². The lowest BCUT2D eigenvalue weighted by Crippen LogP contribution is -2.11. The molecule has 0 unspecified atom stereocenters. The Hall–Kier alpha value is -3.01. The highest BCUT2D eigenvalue weighted by Crippen LogP contribution is 2.31. The number of anilines is 1. The van der Waals surface area contributed by atoms with Crippen LogP contribution in [0.2, 0.25) is 5.02 Å². The third-order valence-electron chi connectivity index (χ3n) is 3.71. The van der Waals surface area contributed by atoms with Gasteiger partial charge in [0.05, 0.1) is 23.2 Å². The molecule has 2 aromatic heterocycles. The van der Waals surface area contributed by atoms with Crippen LogP contribution in [0.3, 0.4) is 0 Å². The summed E-state index contributed by atoms with van der Waals surface area (Å²) in [6.07, 6.45) is -3.58. The number of hydrogen-bond acceptors (Lipinski definition) is 5. The van der Waals surface area contributed by atoms with Crippen LogP contribution < -0.4 is 5.43 Å². The summed E-state index contributed by atoms with van der Waals surface area (Å²) in [6.45, 7) is 1.57. The Kier molecular flexibility index (Phi) is 5.32. The second-order valence-corrected chi connectivity index (χ2v) is 6.19. The van der Waals surface area contributed by atoms with Crippen molar-refractivity contribution in [3.8, 4) is 11.3 Å². The smallest absolute Gasteiger partial charge is 0.245 e. The Morgan fingerprint density at radius 1 is 1.18 bits per heavy atom. The molecule has 11 heteroatoms. The first-order valence-electron chi connectivity index (χ1n) is 7.85. The summed E-state index contributed by atoms with van der Waals surface area (Å²) < 4.78 is 54.5. The molecule has 6 nitrogen and oxygen atoms in total. The van der Waals surface area contributed by atoms with E-state index in [-0.39, 0.29) is 11.3 Å². The standard InChI is InChI=1S/C17H13ClF4N6/c1-9-12(15(19)28(2)27-9)8-23-26-16-24-13(7-14(25-16)17(20,21)22)10-3-5-11(18)6-4-10/h3-8H,1-2H3,(H,24,25,26)/b23-8-. The van der Waals surface area contributed by atoms with Gasteiger partial charge in [0.25, 0.3) is 0 Å². The molecule has 0 amide bonds. The maximum Gasteiger partial charge on any atom is 0.433 e. The van der Waals surface area contributed by atoms with Gasteiger partial charge in [0.2, 0.25) is 11.9 Å². The molecule has 2 heterocycles. The van der Waals surface area contributed by atoms with E-state index in [0.717, 1.165) is 17.0 Å². The number of alkyl halides is 3. The van der Waals surface area contributed by atoms with Gasteiger partial charge in [-0.2, -0.15) is 27.8 Å². The Bertz CT molecular complexity index is 1030. The fourth-order valence-electron chi connectivity index (χ4n) is 2.36. The Labute approximate surface area is 161 Å². The first kappa shape index (κ1) is 19.7. The Balaban J connectivity index is 1.94. The second kappa shape index (κ2) is 7.55. The molecule has 0 bridgehead atoms. The zero-order chi connectivity index (χ0) is 20.5. The molecule has 0 fully saturated rings. The monoisotopic (exact) mass is 412 g/mol. The first-order valence-corrected chi connectivity index (χ1v) is 8.23. The molecule has 146 valence electrons. The zero-order valence-electron chi connectivity index (χ0n) is 14.6. The summed E-state index contributed by atoms with van der Waals surface area (Å²) in [5.41, 5.74) is 2.08. The van der Waals surface area contributed by atoms with Crippen LogP contribution in [0.5, 0.6) is 0 Å². The largest absolute Gasteiger partial charge is 0.433 e. The maximum atomic E-state index is 13.9. The lowest BCUT2D eigenvalue weighted by molar-refractivity contribution is -0.141. The number of hydrogen-bond donors (Lipinski definition) is 1. The quantitative estimate of drug-likeness (QED) is 0.391. The Morgan fingerprint density at radius 2 is 1.86 bits per heavy atom. The van der Waals surface area contributed by atoms with E-state index in [1.165, 1.54) is 31.3 Å². The van der Waals surface area contributed by atoms with E-state index in [4.69, 9.17) is 11.6 Å². The van der Waals surface area contributed by atoms with E-state index in [0.29, 0.717) is 16.3 Å². The van der Waals surface area contributed by atoms with Gasteiger partial charge in [-0.05, 0) is 25.1 Å². The molecule has 3 aromatic rings. The molecule has 1 aromatic carbocycles. The minimum atomic E-state index is -4.68. The fraction of sp³-hybridized carbons (Fsp3) is 0.176. The first-order chi connectivity index (χ1) is 13.1. The summed E-state index contributed by atoms with van der Waals surface area (Å²) >= 11 is 5.81. The van der Waals surface area contributed by atoms with Crippen molar-refractivity contribution in [3.05, 3.63) is 58.3 Å². The van der Waals surface area contributed by atoms with Crippen molar-refractivity contribution in [1.29, 1.82) is 0 Å². The minimum absolute atomic E-state index is 0.0282. The number of nitrogens with zero attached hydrogens (tertiary/aromatic N) is 5. The topological polar surface area (TPSA) is 68.0 Å². The number of halogens is 5. The number of hydrazone groups is 1. The van der Waals surface area contributed by atoms with Crippen molar-refractivity contribution in [2.24, 2.45) is 12.1 Å². The van der Waals surface area contributed by atoms with Crippen LogP contribution in [-0.2, 0) is 13.2 Å². The predicted molar refractivity (Wildman–Crippen MR) is 96.6 cm³/mol. The van der Waals surface area contributed by atoms with Crippen LogP contribution in [0.1, 0.15) is 17.0 Å². The Morgan fingerprint density at radius 3 is 2.43 bits per heavy atom. The lowest BCUT2D eigenvalue weighted by Gasteiger charge is -2.10. The molecule has 28 heavy (non-hydrogen) atoms. The number of rotatable bonds is 4. The molecule has 0 aliphatic rings. The molecule has 0 aliphatic heterocycles. The van der Waals surface area contributed by atoms with Crippen molar-refractivity contribution in [2.45, 2.75) is 13.1 Å². The highest BCUT2D eigenvalue weighted by Gasteiger charge is 2.33. The fourth-order valence-corrected chi connectivity index (χ4v) is 2.48. The molecule has 0 radical (unpaired) electrons. The van der Waals surface area contributed by atoms with Crippen molar-refractivity contribution < 1.29 is 17.6 Å². The molecule has 1 N–H and O–H groups in total. The van der Waals surface area contributed by atoms with E-state index < -0.39 is 23.8 Å². The van der Waals surface area contributed by atoms with Crippen molar-refractivity contribution in [3.63, 3.8) is 0 Å². The summed E-state index contributed by atoms with van der Waals surface area (Å²) in [7, 11) is 1.42. The molecule has 0 spiro atoms. The van der Waals surface area contributed by atoms with Crippen LogP contribution in [0.15, 0.2) is 35.4 Å². The van der Waals surface area contributed by atoms with E-state index in [9.17, 15) is 17.6 Å². The summed E-state index contributed by atoms with van der Waals surface area (Å²) in [6, 6.07) is 6.96. The molecular formula is C17H13ClF4N6. The van der Waals surface area contributed by atoms with Gasteiger partial charge in [-0.1, -0.05) is 23.7 Å². The van der Waals surface area contributed by atoms with Gasteiger partial charge in [-0.3, -0.25) is 0 Å². The van der Waals surface area contributed by atoms with Crippen LogP contribution in [0, 0.1) is 12.9 Å². The SMILES string of the molecule is Cc1nn(C)c(F)c1/C=N\Nc1nc(-c2ccc(Cl)cc2)cc(C(F)(F)F)n1. The normalized spacial score (nSPS) is 12.0.